The van der Waals surface area contributed by atoms with Crippen molar-refractivity contribution in [1.82, 2.24) is 14.7 Å². The molecular weight excluding hydrogens is 415 g/mol. The number of nitrogens with two attached hydrogens (primary N) is 1. The summed E-state index contributed by atoms with van der Waals surface area (Å²) in [5.41, 5.74) is 5.60. The molecule has 2 saturated heterocycles. The molecule has 7 nitrogen and oxygen atoms in total. The molecule has 2 aliphatic rings. The monoisotopic (exact) mass is 450 g/mol. The number of morpholine rings is 1. The van der Waals surface area contributed by atoms with Crippen LogP contribution in [0.15, 0.2) is 0 Å². The van der Waals surface area contributed by atoms with Gasteiger partial charge in [0, 0.05) is 65.5 Å². The van der Waals surface area contributed by atoms with E-state index in [0.29, 0.717) is 19.0 Å². The van der Waals surface area contributed by atoms with Crippen molar-refractivity contribution in [3.8, 4) is 0 Å². The number of rotatable bonds is 7. The summed E-state index contributed by atoms with van der Waals surface area (Å²) in [4.78, 5) is 19.1. The molecule has 0 radical (unpaired) electrons. The second-order valence-electron chi connectivity index (χ2n) is 7.06. The third-order valence-corrected chi connectivity index (χ3v) is 5.09. The molecule has 2 aliphatic heterocycles. The number of hydrogen-bond donors (Lipinski definition) is 1. The van der Waals surface area contributed by atoms with Gasteiger partial charge in [0.15, 0.2) is 0 Å². The number of carbonyl (C=O) groups excluding carboxylic acids is 1. The lowest BCUT2D eigenvalue weighted by molar-refractivity contribution is -0.135. The molecule has 164 valence electrons. The average Bonchev–Trinajstić information content (AvgIpc) is 2.60. The molecule has 10 heteroatoms. The van der Waals surface area contributed by atoms with Crippen LogP contribution in [-0.4, -0.2) is 105 Å². The topological polar surface area (TPSA) is 71.3 Å². The lowest BCUT2D eigenvalue weighted by atomic mass is 10.2. The van der Waals surface area contributed by atoms with Gasteiger partial charge in [0.05, 0.1) is 25.2 Å². The van der Waals surface area contributed by atoms with Crippen LogP contribution >= 0.6 is 37.2 Å². The highest BCUT2D eigenvalue weighted by atomic mass is 35.5. The maximum absolute atomic E-state index is 12.3. The molecule has 0 aliphatic carbocycles. The Balaban J connectivity index is 0. The molecule has 27 heavy (non-hydrogen) atoms. The van der Waals surface area contributed by atoms with Gasteiger partial charge in [-0.1, -0.05) is 0 Å². The average molecular weight is 452 g/mol. The van der Waals surface area contributed by atoms with Crippen LogP contribution in [0.2, 0.25) is 0 Å². The highest BCUT2D eigenvalue weighted by molar-refractivity contribution is 5.86. The zero-order valence-electron chi connectivity index (χ0n) is 16.7. The van der Waals surface area contributed by atoms with E-state index in [2.05, 4.69) is 23.6 Å². The van der Waals surface area contributed by atoms with Gasteiger partial charge >= 0.3 is 0 Å². The molecule has 0 bridgehead atoms. The predicted molar refractivity (Wildman–Crippen MR) is 116 cm³/mol. The van der Waals surface area contributed by atoms with E-state index >= 15 is 0 Å². The van der Waals surface area contributed by atoms with Gasteiger partial charge in [0.2, 0.25) is 5.91 Å². The molecule has 0 aromatic carbocycles. The fourth-order valence-electron chi connectivity index (χ4n) is 3.38. The first-order valence-electron chi connectivity index (χ1n) is 9.12. The van der Waals surface area contributed by atoms with Gasteiger partial charge < -0.3 is 20.1 Å². The smallest absolute Gasteiger partial charge is 0.225 e. The molecule has 2 N–H and O–H groups in total. The molecule has 2 heterocycles. The standard InChI is InChI=1S/C17H34N4O3.3ClH/c1-14(2)21-8-9-24-16(13-21)12-19-4-6-20(7-5-19)17(22)10-15(11-18)23-3;;;/h14-16H,4-13,18H2,1-3H3;3*1H. The highest BCUT2D eigenvalue weighted by Gasteiger charge is 2.27. The minimum atomic E-state index is -0.173. The molecule has 2 rings (SSSR count). The summed E-state index contributed by atoms with van der Waals surface area (Å²) in [5, 5.41) is 0. The molecule has 2 fully saturated rings. The van der Waals surface area contributed by atoms with Gasteiger partial charge in [-0.25, -0.2) is 0 Å². The first kappa shape index (κ1) is 29.3. The van der Waals surface area contributed by atoms with E-state index in [9.17, 15) is 4.79 Å². The number of ether oxygens (including phenoxy) is 2. The minimum absolute atomic E-state index is 0. The Kier molecular flexibility index (Phi) is 16.3. The van der Waals surface area contributed by atoms with Crippen molar-refractivity contribution in [3.63, 3.8) is 0 Å². The lowest BCUT2D eigenvalue weighted by Crippen LogP contribution is -2.54. The summed E-state index contributed by atoms with van der Waals surface area (Å²) in [6.45, 7) is 12.0. The van der Waals surface area contributed by atoms with Crippen molar-refractivity contribution in [3.05, 3.63) is 0 Å². The van der Waals surface area contributed by atoms with Gasteiger partial charge in [-0.2, -0.15) is 0 Å². The van der Waals surface area contributed by atoms with E-state index in [0.717, 1.165) is 52.4 Å². The van der Waals surface area contributed by atoms with Crippen LogP contribution in [0.25, 0.3) is 0 Å². The molecule has 2 atom stereocenters. The highest BCUT2D eigenvalue weighted by Crippen LogP contribution is 2.12. The van der Waals surface area contributed by atoms with Gasteiger partial charge in [0.1, 0.15) is 0 Å². The van der Waals surface area contributed by atoms with Crippen molar-refractivity contribution in [2.24, 2.45) is 5.73 Å². The largest absolute Gasteiger partial charge is 0.380 e. The van der Waals surface area contributed by atoms with Crippen molar-refractivity contribution in [2.75, 3.05) is 66.1 Å². The van der Waals surface area contributed by atoms with Crippen LogP contribution < -0.4 is 5.73 Å². The lowest BCUT2D eigenvalue weighted by Gasteiger charge is -2.40. The van der Waals surface area contributed by atoms with Crippen molar-refractivity contribution in [2.45, 2.75) is 38.5 Å². The van der Waals surface area contributed by atoms with E-state index in [1.807, 2.05) is 4.90 Å². The number of amides is 1. The first-order valence-corrected chi connectivity index (χ1v) is 9.12. The van der Waals surface area contributed by atoms with Crippen molar-refractivity contribution in [1.29, 1.82) is 0 Å². The molecular formula is C17H37Cl3N4O3. The number of halogens is 3. The summed E-state index contributed by atoms with van der Waals surface area (Å²) in [7, 11) is 1.60. The Morgan fingerprint density at radius 2 is 1.78 bits per heavy atom. The van der Waals surface area contributed by atoms with E-state index in [4.69, 9.17) is 15.2 Å². The number of nitrogens with zero attached hydrogens (tertiary/aromatic N) is 3. The molecule has 0 saturated carbocycles. The van der Waals surface area contributed by atoms with Gasteiger partial charge in [0.25, 0.3) is 0 Å². The fraction of sp³-hybridized carbons (Fsp3) is 0.941. The Labute approximate surface area is 182 Å². The third kappa shape index (κ3) is 9.45. The SMILES string of the molecule is COC(CN)CC(=O)N1CCN(CC2CN(C(C)C)CCO2)CC1.Cl.Cl.Cl. The minimum Gasteiger partial charge on any atom is -0.380 e. The normalized spacial score (nSPS) is 22.4. The number of methoxy groups -OCH3 is 1. The predicted octanol–water partition coefficient (Wildman–Crippen LogP) is 0.869. The Bertz CT molecular complexity index is 396. The van der Waals surface area contributed by atoms with E-state index < -0.39 is 0 Å². The summed E-state index contributed by atoms with van der Waals surface area (Å²) < 4.78 is 11.1. The fourth-order valence-corrected chi connectivity index (χ4v) is 3.38. The van der Waals surface area contributed by atoms with E-state index in [-0.39, 0.29) is 55.3 Å². The zero-order chi connectivity index (χ0) is 17.5. The summed E-state index contributed by atoms with van der Waals surface area (Å²) >= 11 is 0. The van der Waals surface area contributed by atoms with Crippen LogP contribution in [-0.2, 0) is 14.3 Å². The number of carbonyl (C=O) groups is 1. The second-order valence-corrected chi connectivity index (χ2v) is 7.06. The van der Waals surface area contributed by atoms with Crippen molar-refractivity contribution < 1.29 is 14.3 Å². The molecule has 1 amide bonds. The van der Waals surface area contributed by atoms with Gasteiger partial charge in [-0.15, -0.1) is 37.2 Å². The number of piperazine rings is 1. The van der Waals surface area contributed by atoms with Gasteiger partial charge in [-0.3, -0.25) is 14.6 Å². The quantitative estimate of drug-likeness (QED) is 0.619. The second kappa shape index (κ2) is 15.0. The van der Waals surface area contributed by atoms with Crippen LogP contribution in [0.5, 0.6) is 0 Å². The van der Waals surface area contributed by atoms with Crippen molar-refractivity contribution >= 4 is 43.1 Å². The van der Waals surface area contributed by atoms with Gasteiger partial charge in [-0.05, 0) is 13.8 Å². The number of hydrogen-bond acceptors (Lipinski definition) is 6. The summed E-state index contributed by atoms with van der Waals surface area (Å²) in [6, 6.07) is 0.571. The van der Waals surface area contributed by atoms with E-state index in [1.54, 1.807) is 7.11 Å². The molecule has 0 aromatic heterocycles. The maximum atomic E-state index is 12.3. The molecule has 0 aromatic rings. The third-order valence-electron chi connectivity index (χ3n) is 5.09. The maximum Gasteiger partial charge on any atom is 0.225 e. The van der Waals surface area contributed by atoms with E-state index in [1.165, 1.54) is 0 Å². The first-order chi connectivity index (χ1) is 11.5. The van der Waals surface area contributed by atoms with Crippen LogP contribution in [0, 0.1) is 0 Å². The Hall–Kier alpha value is 0.140. The molecule has 2 unspecified atom stereocenters. The Morgan fingerprint density at radius 1 is 1.15 bits per heavy atom. The van der Waals surface area contributed by atoms with Crippen LogP contribution in [0.3, 0.4) is 0 Å². The van der Waals surface area contributed by atoms with Crippen LogP contribution in [0.1, 0.15) is 20.3 Å². The summed E-state index contributed by atoms with van der Waals surface area (Å²) in [6.07, 6.45) is 0.480. The van der Waals surface area contributed by atoms with Crippen LogP contribution in [0.4, 0.5) is 0 Å². The summed E-state index contributed by atoms with van der Waals surface area (Å²) in [5.74, 6) is 0.145. The Morgan fingerprint density at radius 3 is 2.30 bits per heavy atom. The zero-order valence-corrected chi connectivity index (χ0v) is 19.1. The molecule has 0 spiro atoms.